The summed E-state index contributed by atoms with van der Waals surface area (Å²) in [5.41, 5.74) is 0.449. The molecule has 0 unspecified atom stereocenters. The van der Waals surface area contributed by atoms with Gasteiger partial charge in [-0.05, 0) is 24.3 Å². The van der Waals surface area contributed by atoms with Gasteiger partial charge >= 0.3 is 6.18 Å². The predicted molar refractivity (Wildman–Crippen MR) is 80.7 cm³/mol. The lowest BCUT2D eigenvalue weighted by atomic mass is 10.2. The molecule has 2 aromatic carbocycles. The molecule has 0 aliphatic heterocycles. The summed E-state index contributed by atoms with van der Waals surface area (Å²) in [7, 11) is -4.64. The molecule has 0 aromatic heterocycles. The first-order valence-electron chi connectivity index (χ1n) is 6.36. The quantitative estimate of drug-likeness (QED) is 0.803. The van der Waals surface area contributed by atoms with Crippen LogP contribution in [0.5, 0.6) is 0 Å². The Hall–Kier alpha value is -2.10. The average Bonchev–Trinajstić information content (AvgIpc) is 2.52. The molecule has 2 rings (SSSR count). The number of nitrogens with one attached hydrogen (secondary N) is 2. The van der Waals surface area contributed by atoms with Gasteiger partial charge in [-0.2, -0.15) is 13.2 Å². The summed E-state index contributed by atoms with van der Waals surface area (Å²) in [5.74, 6) is -0.909. The maximum atomic E-state index is 12.9. The number of hydrogen-bond donors (Lipinski definition) is 2. The van der Waals surface area contributed by atoms with E-state index in [0.29, 0.717) is 6.07 Å². The lowest BCUT2D eigenvalue weighted by Crippen LogP contribution is -2.42. The van der Waals surface area contributed by atoms with E-state index in [0.717, 1.165) is 18.2 Å². The van der Waals surface area contributed by atoms with Crippen molar-refractivity contribution in [3.63, 3.8) is 0 Å². The molecular formula is C14H10ClF3N2O3S. The first-order chi connectivity index (χ1) is 11.1. The van der Waals surface area contributed by atoms with Crippen LogP contribution in [0.25, 0.3) is 0 Å². The Morgan fingerprint density at radius 1 is 1.00 bits per heavy atom. The Balaban J connectivity index is 2.25. The summed E-state index contributed by atoms with van der Waals surface area (Å²) in [4.78, 5) is 12.5. The summed E-state index contributed by atoms with van der Waals surface area (Å²) < 4.78 is 62.8. The van der Waals surface area contributed by atoms with Crippen molar-refractivity contribution in [2.75, 3.05) is 0 Å². The first kappa shape index (κ1) is 18.2. The monoisotopic (exact) mass is 378 g/mol. The van der Waals surface area contributed by atoms with Gasteiger partial charge in [-0.1, -0.05) is 35.9 Å². The SMILES string of the molecule is O=C(NNS(=O)(=O)c1ccccc1C(F)(F)F)c1ccccc1Cl. The Morgan fingerprint density at radius 3 is 2.21 bits per heavy atom. The molecule has 24 heavy (non-hydrogen) atoms. The van der Waals surface area contributed by atoms with Crippen LogP contribution in [0.1, 0.15) is 15.9 Å². The molecule has 0 bridgehead atoms. The second kappa shape index (κ2) is 6.80. The highest BCUT2D eigenvalue weighted by molar-refractivity contribution is 7.89. The van der Waals surface area contributed by atoms with Gasteiger partial charge < -0.3 is 0 Å². The van der Waals surface area contributed by atoms with Crippen molar-refractivity contribution in [1.29, 1.82) is 0 Å². The van der Waals surface area contributed by atoms with Gasteiger partial charge in [0, 0.05) is 0 Å². The summed E-state index contributed by atoms with van der Waals surface area (Å²) in [6.07, 6.45) is -4.86. The van der Waals surface area contributed by atoms with Gasteiger partial charge in [0.15, 0.2) is 0 Å². The fourth-order valence-electron chi connectivity index (χ4n) is 1.82. The Morgan fingerprint density at radius 2 is 1.58 bits per heavy atom. The number of hydrazine groups is 1. The van der Waals surface area contributed by atoms with Gasteiger partial charge in [0.05, 0.1) is 21.0 Å². The molecule has 0 atom stereocenters. The number of alkyl halides is 3. The number of rotatable bonds is 4. The van der Waals surface area contributed by atoms with Gasteiger partial charge in [0.25, 0.3) is 15.9 Å². The topological polar surface area (TPSA) is 75.3 Å². The van der Waals surface area contributed by atoms with E-state index in [1.54, 1.807) is 10.9 Å². The standard InChI is InChI=1S/C14H10ClF3N2O3S/c15-11-7-3-1-5-9(11)13(21)19-20-24(22,23)12-8-4-2-6-10(12)14(16,17)18/h1-8,20H,(H,19,21). The third-order valence-corrected chi connectivity index (χ3v) is 4.53. The minimum absolute atomic E-state index is 0.0361. The molecule has 0 heterocycles. The minimum atomic E-state index is -4.86. The van der Waals surface area contributed by atoms with Gasteiger partial charge in [-0.3, -0.25) is 10.2 Å². The molecule has 10 heteroatoms. The van der Waals surface area contributed by atoms with Crippen LogP contribution < -0.4 is 10.3 Å². The van der Waals surface area contributed by atoms with E-state index in [4.69, 9.17) is 11.6 Å². The Bertz CT molecular complexity index is 870. The molecule has 0 saturated heterocycles. The number of amides is 1. The lowest BCUT2D eigenvalue weighted by Gasteiger charge is -2.14. The third-order valence-electron chi connectivity index (χ3n) is 2.90. The van der Waals surface area contributed by atoms with Crippen molar-refractivity contribution in [3.05, 3.63) is 64.7 Å². The number of sulfonamides is 1. The van der Waals surface area contributed by atoms with Crippen LogP contribution in [0, 0.1) is 0 Å². The predicted octanol–water partition coefficient (Wildman–Crippen LogP) is 2.98. The minimum Gasteiger partial charge on any atom is -0.273 e. The van der Waals surface area contributed by atoms with Crippen LogP contribution in [0.2, 0.25) is 5.02 Å². The maximum Gasteiger partial charge on any atom is 0.417 e. The molecule has 0 fully saturated rings. The molecule has 0 aliphatic rings. The number of benzene rings is 2. The summed E-state index contributed by atoms with van der Waals surface area (Å²) >= 11 is 5.78. The number of carbonyl (C=O) groups is 1. The van der Waals surface area contributed by atoms with E-state index in [-0.39, 0.29) is 10.6 Å². The number of halogens is 4. The molecule has 0 aliphatic carbocycles. The molecule has 0 spiro atoms. The van der Waals surface area contributed by atoms with Crippen LogP contribution in [0.3, 0.4) is 0 Å². The average molecular weight is 379 g/mol. The van der Waals surface area contributed by atoms with Crippen LogP contribution in [-0.4, -0.2) is 14.3 Å². The first-order valence-corrected chi connectivity index (χ1v) is 8.22. The van der Waals surface area contributed by atoms with E-state index in [2.05, 4.69) is 0 Å². The van der Waals surface area contributed by atoms with Crippen molar-refractivity contribution in [2.24, 2.45) is 0 Å². The number of hydrogen-bond acceptors (Lipinski definition) is 3. The Labute approximate surface area is 140 Å². The fourth-order valence-corrected chi connectivity index (χ4v) is 3.11. The van der Waals surface area contributed by atoms with Crippen molar-refractivity contribution in [1.82, 2.24) is 10.3 Å². The Kier molecular flexibility index (Phi) is 5.16. The number of carbonyl (C=O) groups excluding carboxylic acids is 1. The highest BCUT2D eigenvalue weighted by Crippen LogP contribution is 2.33. The molecule has 128 valence electrons. The van der Waals surface area contributed by atoms with Crippen molar-refractivity contribution in [3.8, 4) is 0 Å². The molecule has 2 N–H and O–H groups in total. The lowest BCUT2D eigenvalue weighted by molar-refractivity contribution is -0.139. The van der Waals surface area contributed by atoms with E-state index in [1.807, 2.05) is 5.43 Å². The van der Waals surface area contributed by atoms with E-state index >= 15 is 0 Å². The van der Waals surface area contributed by atoms with Gasteiger partial charge in [0.2, 0.25) is 0 Å². The van der Waals surface area contributed by atoms with E-state index in [9.17, 15) is 26.4 Å². The smallest absolute Gasteiger partial charge is 0.273 e. The molecular weight excluding hydrogens is 369 g/mol. The fraction of sp³-hybridized carbons (Fsp3) is 0.0714. The highest BCUT2D eigenvalue weighted by Gasteiger charge is 2.37. The highest BCUT2D eigenvalue weighted by atomic mass is 35.5. The van der Waals surface area contributed by atoms with Crippen LogP contribution >= 0.6 is 11.6 Å². The summed E-state index contributed by atoms with van der Waals surface area (Å²) in [6, 6.07) is 9.40. The summed E-state index contributed by atoms with van der Waals surface area (Å²) in [5, 5.41) is 0.0601. The molecule has 1 amide bonds. The molecule has 5 nitrogen and oxygen atoms in total. The largest absolute Gasteiger partial charge is 0.417 e. The normalized spacial score (nSPS) is 12.0. The second-order valence-electron chi connectivity index (χ2n) is 4.53. The second-order valence-corrected chi connectivity index (χ2v) is 6.59. The molecule has 0 saturated carbocycles. The van der Waals surface area contributed by atoms with Crippen molar-refractivity contribution in [2.45, 2.75) is 11.1 Å². The summed E-state index contributed by atoms with van der Waals surface area (Å²) in [6.45, 7) is 0. The van der Waals surface area contributed by atoms with Crippen LogP contribution in [0.15, 0.2) is 53.4 Å². The zero-order valence-corrected chi connectivity index (χ0v) is 13.3. The zero-order chi connectivity index (χ0) is 18.0. The van der Waals surface area contributed by atoms with Crippen LogP contribution in [0.4, 0.5) is 13.2 Å². The van der Waals surface area contributed by atoms with Gasteiger partial charge in [0.1, 0.15) is 0 Å². The van der Waals surface area contributed by atoms with Crippen molar-refractivity contribution < 1.29 is 26.4 Å². The van der Waals surface area contributed by atoms with E-state index in [1.165, 1.54) is 18.2 Å². The molecule has 2 aromatic rings. The van der Waals surface area contributed by atoms with Gasteiger partial charge in [-0.15, -0.1) is 4.83 Å². The van der Waals surface area contributed by atoms with E-state index < -0.39 is 32.6 Å². The maximum absolute atomic E-state index is 12.9. The third kappa shape index (κ3) is 4.05. The van der Waals surface area contributed by atoms with Crippen LogP contribution in [-0.2, 0) is 16.2 Å². The van der Waals surface area contributed by atoms with Crippen molar-refractivity contribution >= 4 is 27.5 Å². The zero-order valence-electron chi connectivity index (χ0n) is 11.8. The molecule has 0 radical (unpaired) electrons. The van der Waals surface area contributed by atoms with Gasteiger partial charge in [-0.25, -0.2) is 8.42 Å².